The molecular formula is C91H61N9O16S8. The Morgan fingerprint density at radius 3 is 1.17 bits per heavy atom. The van der Waals surface area contributed by atoms with Crippen molar-refractivity contribution in [2.75, 3.05) is 26.4 Å². The van der Waals surface area contributed by atoms with Crippen LogP contribution in [-0.2, 0) is 28.8 Å². The zero-order chi connectivity index (χ0) is 85.0. The number of pyridine rings is 9. The molecule has 0 saturated carbocycles. The van der Waals surface area contributed by atoms with E-state index in [1.165, 1.54) is 74.3 Å². The van der Waals surface area contributed by atoms with E-state index in [0.717, 1.165) is 59.0 Å². The molecule has 2 aliphatic heterocycles. The molecule has 0 bridgehead atoms. The van der Waals surface area contributed by atoms with Gasteiger partial charge in [-0.15, -0.1) is 90.7 Å². The minimum atomic E-state index is 0.249. The highest BCUT2D eigenvalue weighted by Crippen LogP contribution is 2.59. The Labute approximate surface area is 738 Å². The summed E-state index contributed by atoms with van der Waals surface area (Å²) in [5, 5.41) is 6.23. The molecule has 17 aromatic heterocycles. The fraction of sp³-hybridized carbons (Fsp3) is 0.0879. The van der Waals surface area contributed by atoms with Gasteiger partial charge in [-0.1, -0.05) is 6.07 Å². The van der Waals surface area contributed by atoms with Gasteiger partial charge in [0.1, 0.15) is 47.7 Å². The van der Waals surface area contributed by atoms with E-state index >= 15 is 0 Å². The van der Waals surface area contributed by atoms with Gasteiger partial charge in [0, 0.05) is 152 Å². The van der Waals surface area contributed by atoms with Gasteiger partial charge < -0.3 is 47.4 Å². The van der Waals surface area contributed by atoms with Gasteiger partial charge in [-0.05, 0) is 168 Å². The molecule has 19 rings (SSSR count). The zero-order valence-corrected chi connectivity index (χ0v) is 71.6. The van der Waals surface area contributed by atoms with Crippen molar-refractivity contribution in [3.63, 3.8) is 0 Å². The lowest BCUT2D eigenvalue weighted by molar-refractivity contribution is -0.121. The highest BCUT2D eigenvalue weighted by Gasteiger charge is 2.31. The molecule has 17 aromatic rings. The first kappa shape index (κ1) is 82.3. The number of carbonyl (C=O) groups is 6. The van der Waals surface area contributed by atoms with Crippen LogP contribution in [0.3, 0.4) is 0 Å². The highest BCUT2D eigenvalue weighted by atomic mass is 32.1. The molecule has 19 heterocycles. The lowest BCUT2D eigenvalue weighted by Gasteiger charge is -2.16. The topological polar surface area (TPSA) is 311 Å². The van der Waals surface area contributed by atoms with E-state index in [2.05, 4.69) is 116 Å². The number of hydrogen-bond donors (Lipinski definition) is 0. The summed E-state index contributed by atoms with van der Waals surface area (Å²) in [6, 6.07) is 50.2. The molecule has 0 unspecified atom stereocenters. The van der Waals surface area contributed by atoms with Gasteiger partial charge in [-0.2, -0.15) is 0 Å². The molecular weight excluding hydrogens is 1730 g/mol. The van der Waals surface area contributed by atoms with E-state index < -0.39 is 0 Å². The van der Waals surface area contributed by atoms with E-state index in [9.17, 15) is 28.8 Å². The number of aromatic nitrogens is 9. The monoisotopic (exact) mass is 1790 g/mol. The van der Waals surface area contributed by atoms with Crippen LogP contribution in [0.15, 0.2) is 217 Å². The van der Waals surface area contributed by atoms with Crippen molar-refractivity contribution in [1.29, 1.82) is 0 Å². The lowest BCUT2D eigenvalue weighted by atomic mass is 10.1. The standard InChI is InChI=1S/C32H23N3O4S3.C30H21N3O8S2.C29H17N3O4S3/c1-18-8-29(40-15-18)31-20(3)10-30(42-31)32-19(2)9-28(41-32)21-4-6-33-24(11-21)26-13-23(39-17-37)14-27(35-26)25-12-22(38-16-36)5-7-34-25;34-15-40-18-3-5-32-21(11-18)23-13-19(41-16-35)12-22(33-23)20-10-17(2-4-31-20)28-26-27(38-7-1-6-37-26)30(43-28)29-25-24(14-42-29)36-8-9-39-25;33-16-35-19-8-10-31-22(13-19)24-15-20(36-17-34)14-23(32-24)21-12-18(7-9-30-21)25-3-4-28(38-25)29-6-5-27(39-29)26-2-1-11-37-26/h4-17H,1-3H3;2-5,10-16H,1,6-9H2;1-17H. The molecule has 33 heteroatoms. The molecule has 0 aliphatic carbocycles. The number of ether oxygens (including phenoxy) is 10. The first-order valence-corrected chi connectivity index (χ1v) is 44.3. The van der Waals surface area contributed by atoms with Gasteiger partial charge in [0.05, 0.1) is 96.2 Å². The Hall–Kier alpha value is -14.0. The van der Waals surface area contributed by atoms with Crippen LogP contribution in [0.1, 0.15) is 23.1 Å². The van der Waals surface area contributed by atoms with Crippen LogP contribution in [0.5, 0.6) is 57.5 Å². The number of rotatable bonds is 26. The number of nitrogens with zero attached hydrogens (tertiary/aromatic N) is 9. The molecule has 0 atom stereocenters. The van der Waals surface area contributed by atoms with Crippen LogP contribution in [0, 0.1) is 20.8 Å². The smallest absolute Gasteiger partial charge is 0.298 e. The van der Waals surface area contributed by atoms with Crippen molar-refractivity contribution < 1.29 is 76.1 Å². The number of aryl methyl sites for hydroxylation is 3. The summed E-state index contributed by atoms with van der Waals surface area (Å²) < 4.78 is 54.6. The van der Waals surface area contributed by atoms with Crippen LogP contribution in [0.4, 0.5) is 0 Å². The maximum Gasteiger partial charge on any atom is 0.298 e. The number of fused-ring (bicyclic) bond motifs is 2. The first-order valence-electron chi connectivity index (χ1n) is 37.6. The Balaban J connectivity index is 0.000000132. The van der Waals surface area contributed by atoms with Gasteiger partial charge in [0.2, 0.25) is 0 Å². The largest absolute Gasteiger partial charge is 0.488 e. The van der Waals surface area contributed by atoms with E-state index in [0.29, 0.717) is 174 Å². The predicted molar refractivity (Wildman–Crippen MR) is 480 cm³/mol. The van der Waals surface area contributed by atoms with E-state index in [4.69, 9.17) is 62.3 Å². The second-order valence-electron chi connectivity index (χ2n) is 26.9. The second kappa shape index (κ2) is 37.9. The maximum atomic E-state index is 11.2. The fourth-order valence-electron chi connectivity index (χ4n) is 13.2. The molecule has 0 N–H and O–H groups in total. The molecule has 0 fully saturated rings. The third-order valence-corrected chi connectivity index (χ3v) is 28.4. The molecule has 2 aliphatic rings. The van der Waals surface area contributed by atoms with Crippen molar-refractivity contribution in [2.45, 2.75) is 27.2 Å². The first-order chi connectivity index (χ1) is 60.8. The van der Waals surface area contributed by atoms with Gasteiger partial charge in [0.15, 0.2) is 23.0 Å². The summed E-state index contributed by atoms with van der Waals surface area (Å²) in [7, 11) is 0. The molecule has 0 radical (unpaired) electrons. The molecule has 614 valence electrons. The van der Waals surface area contributed by atoms with Crippen LogP contribution in [-0.4, -0.2) is 110 Å². The Morgan fingerprint density at radius 2 is 0.685 bits per heavy atom. The second-order valence-corrected chi connectivity index (χ2v) is 34.9. The minimum absolute atomic E-state index is 0.249. The highest BCUT2D eigenvalue weighted by molar-refractivity contribution is 7.28. The number of thiophene rings is 8. The van der Waals surface area contributed by atoms with Gasteiger partial charge >= 0.3 is 0 Å². The molecule has 0 aromatic carbocycles. The quantitative estimate of drug-likeness (QED) is 0.0455. The van der Waals surface area contributed by atoms with E-state index in [-0.39, 0.29) is 5.75 Å². The predicted octanol–water partition coefficient (Wildman–Crippen LogP) is 21.5. The number of carbonyl (C=O) groups excluding carboxylic acids is 6. The summed E-state index contributed by atoms with van der Waals surface area (Å²) in [4.78, 5) is 122. The molecule has 0 saturated heterocycles. The fourth-order valence-corrected chi connectivity index (χ4v) is 22.0. The Morgan fingerprint density at radius 1 is 0.290 bits per heavy atom. The maximum absolute atomic E-state index is 11.2. The zero-order valence-electron chi connectivity index (χ0n) is 65.1. The lowest BCUT2D eigenvalue weighted by Crippen LogP contribution is -2.14. The SMILES string of the molecule is Cc1csc(-c2sc(-c3sc(-c4ccnc(-c5cc(OC=O)cc(-c6cc(OC=O)ccn6)n5)c4)cc3C)cc2C)c1.O=COc1ccnc(-c2cc(OC=O)cc(-c3cc(-c4ccc(-c5ccc(-c6cccs6)s5)s4)ccn3)n2)c1.O=COc1ccnc(-c2cc(OC=O)cc(-c3cc(-c4sc(-c5scc6c5OCCO6)c5c4OCCCO5)ccn3)n2)c1. The normalized spacial score (nSPS) is 11.8. The van der Waals surface area contributed by atoms with Gasteiger partial charge in [0.25, 0.3) is 38.8 Å². The van der Waals surface area contributed by atoms with Crippen LogP contribution < -0.4 is 47.4 Å². The van der Waals surface area contributed by atoms with Crippen LogP contribution >= 0.6 is 90.7 Å². The molecule has 25 nitrogen and oxygen atoms in total. The van der Waals surface area contributed by atoms with Crippen LogP contribution in [0.2, 0.25) is 0 Å². The van der Waals surface area contributed by atoms with Crippen molar-refractivity contribution in [3.05, 3.63) is 234 Å². The van der Waals surface area contributed by atoms with Gasteiger partial charge in [-0.25, -0.2) is 15.0 Å². The average Bonchev–Trinajstić information content (AvgIpc) is 1.58. The summed E-state index contributed by atoms with van der Waals surface area (Å²) >= 11 is 13.7. The summed E-state index contributed by atoms with van der Waals surface area (Å²) in [6.45, 7) is 10.6. The molecule has 124 heavy (non-hydrogen) atoms. The van der Waals surface area contributed by atoms with Crippen molar-refractivity contribution >= 4 is 130 Å². The average molecular weight is 1790 g/mol. The van der Waals surface area contributed by atoms with Crippen LogP contribution in [0.25, 0.3) is 148 Å². The van der Waals surface area contributed by atoms with Gasteiger partial charge in [-0.3, -0.25) is 58.7 Å². The Bertz CT molecular complexity index is 6830. The summed E-state index contributed by atoms with van der Waals surface area (Å²) in [6.07, 6.45) is 10.4. The van der Waals surface area contributed by atoms with E-state index in [1.807, 2.05) is 53.1 Å². The van der Waals surface area contributed by atoms with E-state index in [1.54, 1.807) is 171 Å². The molecule has 0 spiro atoms. The molecule has 0 amide bonds. The third kappa shape index (κ3) is 18.6. The van der Waals surface area contributed by atoms with Crippen molar-refractivity contribution in [3.8, 4) is 206 Å². The summed E-state index contributed by atoms with van der Waals surface area (Å²) in [5.41, 5.74) is 12.4. The van der Waals surface area contributed by atoms with Crippen molar-refractivity contribution in [1.82, 2.24) is 44.9 Å². The minimum Gasteiger partial charge on any atom is -0.488 e. The number of hydrogen-bond acceptors (Lipinski definition) is 33. The van der Waals surface area contributed by atoms with Crippen molar-refractivity contribution in [2.24, 2.45) is 0 Å². The Kier molecular flexibility index (Phi) is 25.2. The third-order valence-electron chi connectivity index (χ3n) is 18.7. The summed E-state index contributed by atoms with van der Waals surface area (Å²) in [5.74, 6) is 4.56.